The van der Waals surface area contributed by atoms with Crippen LogP contribution in [0, 0.1) is 5.82 Å². The average molecular weight is 559 g/mol. The van der Waals surface area contributed by atoms with Crippen molar-refractivity contribution in [2.24, 2.45) is 12.8 Å². The Labute approximate surface area is 235 Å². The molecule has 40 heavy (non-hydrogen) atoms. The number of thiophene rings is 1. The van der Waals surface area contributed by atoms with Crippen LogP contribution in [0.3, 0.4) is 0 Å². The minimum Gasteiger partial charge on any atom is -0.388 e. The van der Waals surface area contributed by atoms with E-state index in [9.17, 15) is 14.3 Å². The highest BCUT2D eigenvalue weighted by molar-refractivity contribution is 7.13. The monoisotopic (exact) mass is 558 g/mol. The fourth-order valence-corrected chi connectivity index (χ4v) is 6.17. The number of nitrogens with zero attached hydrogens (tertiary/aromatic N) is 5. The van der Waals surface area contributed by atoms with E-state index < -0.39 is 5.60 Å². The fraction of sp³-hybridized carbons (Fsp3) is 0.300. The molecule has 1 aliphatic heterocycles. The van der Waals surface area contributed by atoms with Crippen LogP contribution in [0.25, 0.3) is 32.7 Å². The predicted octanol–water partition coefficient (Wildman–Crippen LogP) is 4.15. The maximum atomic E-state index is 14.9. The molecule has 4 heterocycles. The SMILES string of the molecule is Cn1nc2c(=O)n(CC3(O)CCN(Cc4ccc(-c5cccs5)cc4F)CC3)cnc2c1-c1ccc(CN)cc1. The van der Waals surface area contributed by atoms with Gasteiger partial charge in [0.05, 0.1) is 24.2 Å². The smallest absolute Gasteiger partial charge is 0.281 e. The zero-order valence-corrected chi connectivity index (χ0v) is 23.1. The van der Waals surface area contributed by atoms with Crippen molar-refractivity contribution < 1.29 is 9.50 Å². The summed E-state index contributed by atoms with van der Waals surface area (Å²) >= 11 is 1.59. The molecule has 1 fully saturated rings. The first-order valence-corrected chi connectivity index (χ1v) is 14.2. The molecular weight excluding hydrogens is 527 g/mol. The number of rotatable bonds is 7. The summed E-state index contributed by atoms with van der Waals surface area (Å²) in [7, 11) is 1.79. The van der Waals surface area contributed by atoms with Crippen molar-refractivity contribution in [1.29, 1.82) is 0 Å². The third-order valence-electron chi connectivity index (χ3n) is 7.78. The predicted molar refractivity (Wildman–Crippen MR) is 155 cm³/mol. The summed E-state index contributed by atoms with van der Waals surface area (Å²) < 4.78 is 18.0. The highest BCUT2D eigenvalue weighted by Gasteiger charge is 2.33. The summed E-state index contributed by atoms with van der Waals surface area (Å²) in [5, 5.41) is 17.8. The summed E-state index contributed by atoms with van der Waals surface area (Å²) in [5.41, 5.74) is 9.36. The van der Waals surface area contributed by atoms with E-state index in [4.69, 9.17) is 5.73 Å². The van der Waals surface area contributed by atoms with Crippen molar-refractivity contribution in [1.82, 2.24) is 24.2 Å². The number of piperidine rings is 1. The second-order valence-electron chi connectivity index (χ2n) is 10.5. The standard InChI is InChI=1S/C30H31FN6O2S/c1-35-28(21-6-4-20(16-32)5-7-21)26-27(34-35)29(38)37(19-33-26)18-30(39)10-12-36(13-11-30)17-23-9-8-22(15-24(23)31)25-3-2-14-40-25/h2-9,14-15,19,39H,10-13,16-18,32H2,1H3. The molecule has 2 aromatic carbocycles. The Hall–Kier alpha value is -3.70. The van der Waals surface area contributed by atoms with Crippen LogP contribution in [0.15, 0.2) is 71.1 Å². The second-order valence-corrected chi connectivity index (χ2v) is 11.5. The lowest BCUT2D eigenvalue weighted by Crippen LogP contribution is -2.47. The quantitative estimate of drug-likeness (QED) is 0.311. The van der Waals surface area contributed by atoms with Gasteiger partial charge in [0.1, 0.15) is 11.3 Å². The molecule has 6 rings (SSSR count). The molecule has 206 valence electrons. The summed E-state index contributed by atoms with van der Waals surface area (Å²) in [5.74, 6) is -0.220. The van der Waals surface area contributed by atoms with Crippen LogP contribution in [-0.4, -0.2) is 48.0 Å². The molecule has 3 aromatic heterocycles. The van der Waals surface area contributed by atoms with Crippen molar-refractivity contribution in [2.45, 2.75) is 38.1 Å². The molecule has 5 aromatic rings. The summed E-state index contributed by atoms with van der Waals surface area (Å²) in [4.78, 5) is 21.1. The van der Waals surface area contributed by atoms with Crippen LogP contribution in [0.2, 0.25) is 0 Å². The van der Waals surface area contributed by atoms with Crippen molar-refractivity contribution >= 4 is 22.4 Å². The molecule has 0 atom stereocenters. The van der Waals surface area contributed by atoms with Crippen LogP contribution >= 0.6 is 11.3 Å². The van der Waals surface area contributed by atoms with Gasteiger partial charge in [-0.2, -0.15) is 5.10 Å². The van der Waals surface area contributed by atoms with Gasteiger partial charge in [0.25, 0.3) is 5.56 Å². The van der Waals surface area contributed by atoms with E-state index in [-0.39, 0.29) is 23.4 Å². The Bertz CT molecular complexity index is 1700. The van der Waals surface area contributed by atoms with Crippen molar-refractivity contribution in [2.75, 3.05) is 13.1 Å². The lowest BCUT2D eigenvalue weighted by Gasteiger charge is -2.38. The molecule has 1 aliphatic rings. The van der Waals surface area contributed by atoms with Gasteiger partial charge in [0.15, 0.2) is 5.52 Å². The summed E-state index contributed by atoms with van der Waals surface area (Å²) in [6.45, 7) is 2.25. The Morgan fingerprint density at radius 3 is 2.50 bits per heavy atom. The Kier molecular flexibility index (Phi) is 7.09. The van der Waals surface area contributed by atoms with Gasteiger partial charge in [-0.3, -0.25) is 18.9 Å². The molecule has 0 radical (unpaired) electrons. The van der Waals surface area contributed by atoms with Gasteiger partial charge in [-0.1, -0.05) is 42.5 Å². The van der Waals surface area contributed by atoms with Gasteiger partial charge >= 0.3 is 0 Å². The van der Waals surface area contributed by atoms with E-state index >= 15 is 0 Å². The molecular formula is C30H31FN6O2S. The first-order chi connectivity index (χ1) is 19.3. The van der Waals surface area contributed by atoms with Crippen molar-refractivity contribution in [3.8, 4) is 21.7 Å². The van der Waals surface area contributed by atoms with Gasteiger partial charge in [-0.15, -0.1) is 11.3 Å². The largest absolute Gasteiger partial charge is 0.388 e. The minimum atomic E-state index is -1.06. The van der Waals surface area contributed by atoms with Crippen LogP contribution in [0.5, 0.6) is 0 Å². The molecule has 0 unspecified atom stereocenters. The number of likely N-dealkylation sites (tertiary alicyclic amines) is 1. The molecule has 0 aliphatic carbocycles. The topological polar surface area (TPSA) is 102 Å². The van der Waals surface area contributed by atoms with Gasteiger partial charge in [0, 0.05) is 49.2 Å². The molecule has 0 spiro atoms. The number of aryl methyl sites for hydroxylation is 1. The molecule has 10 heteroatoms. The normalized spacial score (nSPS) is 15.6. The molecule has 0 bridgehead atoms. The second kappa shape index (κ2) is 10.7. The Morgan fingerprint density at radius 1 is 1.07 bits per heavy atom. The molecule has 8 nitrogen and oxygen atoms in total. The third-order valence-corrected chi connectivity index (χ3v) is 8.70. The fourth-order valence-electron chi connectivity index (χ4n) is 5.44. The van der Waals surface area contributed by atoms with E-state index in [1.165, 1.54) is 10.9 Å². The molecule has 0 saturated carbocycles. The zero-order valence-electron chi connectivity index (χ0n) is 22.3. The Morgan fingerprint density at radius 2 is 1.82 bits per heavy atom. The minimum absolute atomic E-state index is 0.129. The van der Waals surface area contributed by atoms with Crippen LogP contribution in [0.1, 0.15) is 24.0 Å². The highest BCUT2D eigenvalue weighted by Crippen LogP contribution is 2.29. The number of nitrogens with two attached hydrogens (primary N) is 1. The Balaban J connectivity index is 1.14. The maximum Gasteiger partial charge on any atom is 0.281 e. The van der Waals surface area contributed by atoms with Crippen LogP contribution in [-0.2, 0) is 26.7 Å². The van der Waals surface area contributed by atoms with Crippen molar-refractivity contribution in [3.05, 3.63) is 93.6 Å². The number of halogens is 1. The lowest BCUT2D eigenvalue weighted by molar-refractivity contribution is -0.0366. The van der Waals surface area contributed by atoms with E-state index in [1.807, 2.05) is 53.9 Å². The highest BCUT2D eigenvalue weighted by atomic mass is 32.1. The first-order valence-electron chi connectivity index (χ1n) is 13.3. The maximum absolute atomic E-state index is 14.9. The van der Waals surface area contributed by atoms with E-state index in [2.05, 4.69) is 15.0 Å². The number of hydrogen-bond acceptors (Lipinski definition) is 7. The van der Waals surface area contributed by atoms with Crippen LogP contribution < -0.4 is 11.3 Å². The van der Waals surface area contributed by atoms with Gasteiger partial charge in [0.2, 0.25) is 0 Å². The number of aliphatic hydroxyl groups is 1. The third kappa shape index (κ3) is 5.11. The molecule has 0 amide bonds. The number of benzene rings is 2. The summed E-state index contributed by atoms with van der Waals surface area (Å²) in [6, 6.07) is 17.1. The van der Waals surface area contributed by atoms with E-state index in [1.54, 1.807) is 29.1 Å². The van der Waals surface area contributed by atoms with Gasteiger partial charge in [-0.05, 0) is 41.5 Å². The van der Waals surface area contributed by atoms with Crippen LogP contribution in [0.4, 0.5) is 4.39 Å². The van der Waals surface area contributed by atoms with Crippen molar-refractivity contribution in [3.63, 3.8) is 0 Å². The lowest BCUT2D eigenvalue weighted by atomic mass is 9.91. The molecule has 1 saturated heterocycles. The average Bonchev–Trinajstić information content (AvgIpc) is 3.61. The van der Waals surface area contributed by atoms with Gasteiger partial charge in [-0.25, -0.2) is 9.37 Å². The first kappa shape index (κ1) is 26.5. The number of aromatic nitrogens is 4. The zero-order chi connectivity index (χ0) is 27.9. The summed E-state index contributed by atoms with van der Waals surface area (Å²) in [6.07, 6.45) is 2.43. The van der Waals surface area contributed by atoms with Gasteiger partial charge < -0.3 is 10.8 Å². The number of hydrogen-bond donors (Lipinski definition) is 2. The van der Waals surface area contributed by atoms with E-state index in [0.717, 1.165) is 27.3 Å². The van der Waals surface area contributed by atoms with E-state index in [0.29, 0.717) is 50.1 Å². The molecule has 3 N–H and O–H groups in total. The number of fused-ring (bicyclic) bond motifs is 1.